The number of likely N-dealkylation sites (N-methyl/N-ethyl adjacent to an activating group) is 1. The second-order valence-corrected chi connectivity index (χ2v) is 3.61. The molecule has 1 aromatic heterocycles. The average Bonchev–Trinajstić information content (AvgIpc) is 2.28. The first-order valence-corrected chi connectivity index (χ1v) is 5.47. The van der Waals surface area contributed by atoms with Gasteiger partial charge in [0.05, 0.1) is 7.11 Å². The summed E-state index contributed by atoms with van der Waals surface area (Å²) in [5.74, 6) is 0.458. The second kappa shape index (κ2) is 6.85. The molecule has 0 spiro atoms. The van der Waals surface area contributed by atoms with Gasteiger partial charge >= 0.3 is 12.0 Å². The minimum atomic E-state index is 0.246. The van der Waals surface area contributed by atoms with Crippen molar-refractivity contribution in [2.45, 2.75) is 6.92 Å². The van der Waals surface area contributed by atoms with Gasteiger partial charge in [-0.25, -0.2) is 0 Å². The molecule has 0 aliphatic rings. The Bertz CT molecular complexity index is 345. The quantitative estimate of drug-likeness (QED) is 0.733. The first kappa shape index (κ1) is 13.4. The minimum Gasteiger partial charge on any atom is -0.467 e. The number of aromatic nitrogens is 3. The van der Waals surface area contributed by atoms with Crippen LogP contribution in [0.25, 0.3) is 0 Å². The Morgan fingerprint density at radius 1 is 1.18 bits per heavy atom. The van der Waals surface area contributed by atoms with Crippen LogP contribution in [0.3, 0.4) is 0 Å². The SMILES string of the molecule is CCNc1nc(OC)nc(OCCN(C)C)n1. The molecule has 0 bridgehead atoms. The molecule has 1 aromatic rings. The molecular weight excluding hydrogens is 222 g/mol. The normalized spacial score (nSPS) is 10.4. The Balaban J connectivity index is 2.66. The third kappa shape index (κ3) is 4.81. The molecule has 17 heavy (non-hydrogen) atoms. The highest BCUT2D eigenvalue weighted by Gasteiger charge is 2.07. The van der Waals surface area contributed by atoms with Gasteiger partial charge in [-0.3, -0.25) is 0 Å². The number of rotatable bonds is 7. The maximum absolute atomic E-state index is 5.42. The van der Waals surface area contributed by atoms with Gasteiger partial charge in [-0.2, -0.15) is 9.97 Å². The molecular formula is C10H19N5O2. The van der Waals surface area contributed by atoms with E-state index in [1.54, 1.807) is 0 Å². The maximum Gasteiger partial charge on any atom is 0.324 e. The minimum absolute atomic E-state index is 0.246. The lowest BCUT2D eigenvalue weighted by Gasteiger charge is -2.10. The molecule has 0 amide bonds. The van der Waals surface area contributed by atoms with Crippen molar-refractivity contribution in [2.75, 3.05) is 46.2 Å². The maximum atomic E-state index is 5.42. The third-order valence-electron chi connectivity index (χ3n) is 1.88. The molecule has 7 nitrogen and oxygen atoms in total. The monoisotopic (exact) mass is 241 g/mol. The fraction of sp³-hybridized carbons (Fsp3) is 0.700. The predicted molar refractivity (Wildman–Crippen MR) is 64.6 cm³/mol. The van der Waals surface area contributed by atoms with E-state index in [2.05, 4.69) is 20.3 Å². The molecule has 0 atom stereocenters. The van der Waals surface area contributed by atoms with Gasteiger partial charge in [0.2, 0.25) is 5.95 Å². The van der Waals surface area contributed by atoms with Crippen molar-refractivity contribution >= 4 is 5.95 Å². The molecule has 0 aromatic carbocycles. The van der Waals surface area contributed by atoms with E-state index in [1.807, 2.05) is 25.9 Å². The van der Waals surface area contributed by atoms with Crippen LogP contribution >= 0.6 is 0 Å². The summed E-state index contributed by atoms with van der Waals surface area (Å²) in [6, 6.07) is 0.519. The number of hydrogen-bond acceptors (Lipinski definition) is 7. The smallest absolute Gasteiger partial charge is 0.324 e. The van der Waals surface area contributed by atoms with Crippen molar-refractivity contribution in [3.05, 3.63) is 0 Å². The van der Waals surface area contributed by atoms with Gasteiger partial charge in [-0.05, 0) is 21.0 Å². The Morgan fingerprint density at radius 2 is 1.88 bits per heavy atom. The van der Waals surface area contributed by atoms with E-state index in [0.717, 1.165) is 13.1 Å². The summed E-state index contributed by atoms with van der Waals surface area (Å²) in [7, 11) is 5.46. The number of nitrogens with one attached hydrogen (secondary N) is 1. The van der Waals surface area contributed by atoms with Gasteiger partial charge in [-0.15, -0.1) is 4.98 Å². The van der Waals surface area contributed by atoms with Crippen molar-refractivity contribution in [1.82, 2.24) is 19.9 Å². The zero-order valence-electron chi connectivity index (χ0n) is 10.7. The highest BCUT2D eigenvalue weighted by Crippen LogP contribution is 2.12. The molecule has 0 radical (unpaired) electrons. The van der Waals surface area contributed by atoms with Gasteiger partial charge in [-0.1, -0.05) is 0 Å². The van der Waals surface area contributed by atoms with Crippen LogP contribution < -0.4 is 14.8 Å². The standard InChI is InChI=1S/C10H19N5O2/c1-5-11-8-12-9(16-4)14-10(13-8)17-7-6-15(2)3/h5-7H2,1-4H3,(H,11,12,13,14). The highest BCUT2D eigenvalue weighted by molar-refractivity contribution is 5.27. The van der Waals surface area contributed by atoms with E-state index < -0.39 is 0 Å². The van der Waals surface area contributed by atoms with Crippen LogP contribution in [0, 0.1) is 0 Å². The summed E-state index contributed by atoms with van der Waals surface area (Å²) >= 11 is 0. The third-order valence-corrected chi connectivity index (χ3v) is 1.88. The lowest BCUT2D eigenvalue weighted by atomic mass is 10.6. The highest BCUT2D eigenvalue weighted by atomic mass is 16.5. The first-order chi connectivity index (χ1) is 8.15. The molecule has 1 N–H and O–H groups in total. The topological polar surface area (TPSA) is 72.4 Å². The zero-order chi connectivity index (χ0) is 12.7. The number of nitrogens with zero attached hydrogens (tertiary/aromatic N) is 4. The number of anilines is 1. The summed E-state index contributed by atoms with van der Waals surface area (Å²) < 4.78 is 10.4. The molecule has 0 saturated heterocycles. The fourth-order valence-corrected chi connectivity index (χ4v) is 1.05. The molecule has 96 valence electrons. The van der Waals surface area contributed by atoms with Crippen LogP contribution in [0.15, 0.2) is 0 Å². The number of methoxy groups -OCH3 is 1. The van der Waals surface area contributed by atoms with E-state index in [4.69, 9.17) is 9.47 Å². The average molecular weight is 241 g/mol. The lowest BCUT2D eigenvalue weighted by Crippen LogP contribution is -2.20. The molecule has 1 rings (SSSR count). The van der Waals surface area contributed by atoms with Gasteiger partial charge in [0, 0.05) is 13.1 Å². The fourth-order valence-electron chi connectivity index (χ4n) is 1.05. The van der Waals surface area contributed by atoms with Crippen LogP contribution in [0.1, 0.15) is 6.92 Å². The Kier molecular flexibility index (Phi) is 5.41. The van der Waals surface area contributed by atoms with Gasteiger partial charge in [0.1, 0.15) is 6.61 Å². The van der Waals surface area contributed by atoms with E-state index in [9.17, 15) is 0 Å². The van der Waals surface area contributed by atoms with Gasteiger partial charge in [0.15, 0.2) is 0 Å². The molecule has 7 heteroatoms. The Labute approximate surface area is 101 Å². The zero-order valence-corrected chi connectivity index (χ0v) is 10.7. The van der Waals surface area contributed by atoms with E-state index >= 15 is 0 Å². The van der Waals surface area contributed by atoms with Gasteiger partial charge < -0.3 is 19.7 Å². The van der Waals surface area contributed by atoms with Crippen LogP contribution in [0.5, 0.6) is 12.0 Å². The van der Waals surface area contributed by atoms with Crippen LogP contribution in [0.2, 0.25) is 0 Å². The van der Waals surface area contributed by atoms with Crippen molar-refractivity contribution in [1.29, 1.82) is 0 Å². The van der Waals surface area contributed by atoms with E-state index in [-0.39, 0.29) is 12.0 Å². The summed E-state index contributed by atoms with van der Waals surface area (Å²) in [5.41, 5.74) is 0. The Hall–Kier alpha value is -1.63. The molecule has 1 heterocycles. The second-order valence-electron chi connectivity index (χ2n) is 3.61. The van der Waals surface area contributed by atoms with E-state index in [1.165, 1.54) is 7.11 Å². The predicted octanol–water partition coefficient (Wildman–Crippen LogP) is 0.252. The summed E-state index contributed by atoms with van der Waals surface area (Å²) in [6.45, 7) is 4.00. The lowest BCUT2D eigenvalue weighted by molar-refractivity contribution is 0.240. The molecule has 0 saturated carbocycles. The molecule has 0 aliphatic heterocycles. The summed E-state index contributed by atoms with van der Waals surface area (Å²) in [6.07, 6.45) is 0. The summed E-state index contributed by atoms with van der Waals surface area (Å²) in [4.78, 5) is 14.2. The van der Waals surface area contributed by atoms with Crippen LogP contribution in [-0.2, 0) is 0 Å². The number of hydrogen-bond donors (Lipinski definition) is 1. The van der Waals surface area contributed by atoms with Crippen LogP contribution in [-0.4, -0.2) is 60.8 Å². The van der Waals surface area contributed by atoms with Crippen molar-refractivity contribution in [3.63, 3.8) is 0 Å². The molecule has 0 fully saturated rings. The van der Waals surface area contributed by atoms with Crippen molar-refractivity contribution < 1.29 is 9.47 Å². The van der Waals surface area contributed by atoms with Crippen LogP contribution in [0.4, 0.5) is 5.95 Å². The Morgan fingerprint density at radius 3 is 2.47 bits per heavy atom. The number of ether oxygens (including phenoxy) is 2. The molecule has 0 unspecified atom stereocenters. The largest absolute Gasteiger partial charge is 0.467 e. The molecule has 0 aliphatic carbocycles. The van der Waals surface area contributed by atoms with Crippen molar-refractivity contribution in [3.8, 4) is 12.0 Å². The van der Waals surface area contributed by atoms with Crippen molar-refractivity contribution in [2.24, 2.45) is 0 Å². The van der Waals surface area contributed by atoms with E-state index in [0.29, 0.717) is 12.6 Å². The first-order valence-electron chi connectivity index (χ1n) is 5.47. The van der Waals surface area contributed by atoms with Gasteiger partial charge in [0.25, 0.3) is 0 Å². The summed E-state index contributed by atoms with van der Waals surface area (Å²) in [5, 5.41) is 2.99.